The molecular weight excluding hydrogens is 252 g/mol. The fourth-order valence-electron chi connectivity index (χ4n) is 3.14. The highest BCUT2D eigenvalue weighted by Gasteiger charge is 2.23. The topological polar surface area (TPSA) is 53.4 Å². The molecule has 20 heavy (non-hydrogen) atoms. The molecule has 1 atom stereocenters. The molecule has 1 saturated heterocycles. The van der Waals surface area contributed by atoms with Gasteiger partial charge in [0.1, 0.15) is 11.5 Å². The Morgan fingerprint density at radius 3 is 3.10 bits per heavy atom. The summed E-state index contributed by atoms with van der Waals surface area (Å²) in [6.45, 7) is 6.79. The molecule has 5 heteroatoms. The maximum atomic E-state index is 12.0. The lowest BCUT2D eigenvalue weighted by Gasteiger charge is -2.35. The van der Waals surface area contributed by atoms with Gasteiger partial charge in [0, 0.05) is 25.1 Å². The Morgan fingerprint density at radius 2 is 2.30 bits per heavy atom. The zero-order valence-corrected chi connectivity index (χ0v) is 12.2. The van der Waals surface area contributed by atoms with E-state index in [2.05, 4.69) is 28.9 Å². The molecule has 0 aromatic carbocycles. The van der Waals surface area contributed by atoms with E-state index in [9.17, 15) is 4.79 Å². The molecule has 108 valence electrons. The highest BCUT2D eigenvalue weighted by Crippen LogP contribution is 2.21. The zero-order valence-electron chi connectivity index (χ0n) is 12.2. The van der Waals surface area contributed by atoms with Gasteiger partial charge in [0.25, 0.3) is 5.56 Å². The zero-order chi connectivity index (χ0) is 14.1. The average molecular weight is 274 g/mol. The molecule has 3 rings (SSSR count). The predicted molar refractivity (Wildman–Crippen MR) is 78.9 cm³/mol. The van der Waals surface area contributed by atoms with Crippen LogP contribution in [0.15, 0.2) is 23.0 Å². The monoisotopic (exact) mass is 274 g/mol. The molecule has 1 aliphatic heterocycles. The van der Waals surface area contributed by atoms with Crippen molar-refractivity contribution in [2.24, 2.45) is 5.92 Å². The molecule has 1 N–H and O–H groups in total. The van der Waals surface area contributed by atoms with Crippen molar-refractivity contribution in [3.63, 3.8) is 0 Å². The first-order valence-corrected chi connectivity index (χ1v) is 7.44. The number of H-pyrrole nitrogens is 1. The molecule has 0 spiro atoms. The van der Waals surface area contributed by atoms with Gasteiger partial charge in [-0.2, -0.15) is 5.10 Å². The van der Waals surface area contributed by atoms with Crippen LogP contribution in [0.1, 0.15) is 32.5 Å². The average Bonchev–Trinajstić information content (AvgIpc) is 2.84. The Labute approximate surface area is 118 Å². The van der Waals surface area contributed by atoms with E-state index in [1.54, 1.807) is 16.5 Å². The maximum Gasteiger partial charge on any atom is 0.257 e. The summed E-state index contributed by atoms with van der Waals surface area (Å²) in [4.78, 5) is 14.5. The summed E-state index contributed by atoms with van der Waals surface area (Å²) < 4.78 is 1.70. The molecule has 0 saturated carbocycles. The Bertz CT molecular complexity index is 643. The number of pyridine rings is 1. The lowest BCUT2D eigenvalue weighted by molar-refractivity contribution is 0.138. The minimum atomic E-state index is 0.00257. The fourth-order valence-corrected chi connectivity index (χ4v) is 3.14. The molecule has 0 bridgehead atoms. The van der Waals surface area contributed by atoms with Crippen molar-refractivity contribution in [3.8, 4) is 0 Å². The van der Waals surface area contributed by atoms with Crippen LogP contribution in [0.4, 0.5) is 0 Å². The molecule has 0 amide bonds. The van der Waals surface area contributed by atoms with Gasteiger partial charge in [-0.15, -0.1) is 0 Å². The molecule has 1 aliphatic rings. The summed E-state index contributed by atoms with van der Waals surface area (Å²) >= 11 is 0. The van der Waals surface area contributed by atoms with E-state index in [1.165, 1.54) is 19.4 Å². The summed E-state index contributed by atoms with van der Waals surface area (Å²) in [5, 5.41) is 7.29. The quantitative estimate of drug-likeness (QED) is 0.926. The van der Waals surface area contributed by atoms with Crippen LogP contribution in [0.2, 0.25) is 0 Å². The Balaban J connectivity index is 1.81. The SMILES string of the molecule is CC(C)N1CCCC(Cc2n[nH]c3cccc(=O)n23)C1. The number of aromatic amines is 1. The first-order valence-electron chi connectivity index (χ1n) is 7.44. The second kappa shape index (κ2) is 5.40. The summed E-state index contributed by atoms with van der Waals surface area (Å²) in [7, 11) is 0. The molecule has 2 aromatic rings. The van der Waals surface area contributed by atoms with Crippen LogP contribution in [0.5, 0.6) is 0 Å². The highest BCUT2D eigenvalue weighted by atomic mass is 16.1. The van der Waals surface area contributed by atoms with E-state index in [0.717, 1.165) is 24.4 Å². The molecule has 2 aromatic heterocycles. The Hall–Kier alpha value is -1.62. The van der Waals surface area contributed by atoms with Gasteiger partial charge < -0.3 is 4.90 Å². The highest BCUT2D eigenvalue weighted by molar-refractivity contribution is 5.37. The van der Waals surface area contributed by atoms with Crippen LogP contribution in [0.25, 0.3) is 5.65 Å². The van der Waals surface area contributed by atoms with Gasteiger partial charge in [0.15, 0.2) is 0 Å². The molecule has 1 unspecified atom stereocenters. The van der Waals surface area contributed by atoms with Crippen molar-refractivity contribution in [2.75, 3.05) is 13.1 Å². The fraction of sp³-hybridized carbons (Fsp3) is 0.600. The van der Waals surface area contributed by atoms with E-state index in [0.29, 0.717) is 12.0 Å². The molecule has 5 nitrogen and oxygen atoms in total. The smallest absolute Gasteiger partial charge is 0.257 e. The molecule has 3 heterocycles. The van der Waals surface area contributed by atoms with E-state index in [-0.39, 0.29) is 5.56 Å². The minimum Gasteiger partial charge on any atom is -0.301 e. The van der Waals surface area contributed by atoms with Crippen LogP contribution < -0.4 is 5.56 Å². The number of piperidine rings is 1. The normalized spacial score (nSPS) is 20.9. The van der Waals surface area contributed by atoms with E-state index in [4.69, 9.17) is 0 Å². The van der Waals surface area contributed by atoms with Gasteiger partial charge >= 0.3 is 0 Å². The number of rotatable bonds is 3. The lowest BCUT2D eigenvalue weighted by atomic mass is 9.93. The molecular formula is C15H22N4O. The standard InChI is InChI=1S/C15H22N4O/c1-11(2)18-8-4-5-12(10-18)9-14-17-16-13-6-3-7-15(20)19(13)14/h3,6-7,11-12,16H,4-5,8-10H2,1-2H3. The van der Waals surface area contributed by atoms with Crippen molar-refractivity contribution >= 4 is 5.65 Å². The van der Waals surface area contributed by atoms with Crippen LogP contribution in [-0.2, 0) is 6.42 Å². The van der Waals surface area contributed by atoms with Crippen LogP contribution in [0.3, 0.4) is 0 Å². The van der Waals surface area contributed by atoms with Crippen LogP contribution in [-0.4, -0.2) is 38.6 Å². The Morgan fingerprint density at radius 1 is 1.45 bits per heavy atom. The van der Waals surface area contributed by atoms with Crippen molar-refractivity contribution < 1.29 is 0 Å². The van der Waals surface area contributed by atoms with Crippen molar-refractivity contribution in [1.82, 2.24) is 19.5 Å². The summed E-state index contributed by atoms with van der Waals surface area (Å²) in [6.07, 6.45) is 3.33. The molecule has 0 aliphatic carbocycles. The summed E-state index contributed by atoms with van der Waals surface area (Å²) in [5.74, 6) is 1.45. The predicted octanol–water partition coefficient (Wildman–Crippen LogP) is 1.69. The van der Waals surface area contributed by atoms with Gasteiger partial charge in [0.2, 0.25) is 0 Å². The third-order valence-corrected chi connectivity index (χ3v) is 4.26. The number of aromatic nitrogens is 3. The van der Waals surface area contributed by atoms with E-state index >= 15 is 0 Å². The van der Waals surface area contributed by atoms with Crippen molar-refractivity contribution in [3.05, 3.63) is 34.4 Å². The van der Waals surface area contributed by atoms with Gasteiger partial charge in [-0.1, -0.05) is 6.07 Å². The van der Waals surface area contributed by atoms with Crippen molar-refractivity contribution in [2.45, 2.75) is 39.2 Å². The number of hydrogen-bond acceptors (Lipinski definition) is 3. The van der Waals surface area contributed by atoms with Crippen LogP contribution >= 0.6 is 0 Å². The number of likely N-dealkylation sites (tertiary alicyclic amines) is 1. The van der Waals surface area contributed by atoms with E-state index in [1.807, 2.05) is 6.07 Å². The van der Waals surface area contributed by atoms with Gasteiger partial charge in [-0.05, 0) is 45.2 Å². The lowest BCUT2D eigenvalue weighted by Crippen LogP contribution is -2.40. The van der Waals surface area contributed by atoms with Crippen LogP contribution in [0, 0.1) is 5.92 Å². The Kier molecular flexibility index (Phi) is 3.61. The molecule has 0 radical (unpaired) electrons. The second-order valence-corrected chi connectivity index (χ2v) is 6.03. The van der Waals surface area contributed by atoms with Crippen molar-refractivity contribution in [1.29, 1.82) is 0 Å². The van der Waals surface area contributed by atoms with E-state index < -0.39 is 0 Å². The number of nitrogens with zero attached hydrogens (tertiary/aromatic N) is 3. The number of nitrogens with one attached hydrogen (secondary N) is 1. The molecule has 1 fully saturated rings. The minimum absolute atomic E-state index is 0.00257. The first kappa shape index (κ1) is 13.4. The van der Waals surface area contributed by atoms with Gasteiger partial charge in [-0.25, -0.2) is 4.40 Å². The maximum absolute atomic E-state index is 12.0. The number of hydrogen-bond donors (Lipinski definition) is 1. The third kappa shape index (κ3) is 2.50. The van der Waals surface area contributed by atoms with Gasteiger partial charge in [-0.3, -0.25) is 9.89 Å². The van der Waals surface area contributed by atoms with Gasteiger partial charge in [0.05, 0.1) is 0 Å². The number of fused-ring (bicyclic) bond motifs is 1. The third-order valence-electron chi connectivity index (χ3n) is 4.26. The second-order valence-electron chi connectivity index (χ2n) is 6.03. The first-order chi connectivity index (χ1) is 9.65. The largest absolute Gasteiger partial charge is 0.301 e. The summed E-state index contributed by atoms with van der Waals surface area (Å²) in [6, 6.07) is 5.84. The summed E-state index contributed by atoms with van der Waals surface area (Å²) in [5.41, 5.74) is 0.784.